The maximum atomic E-state index is 9.04. The Balaban J connectivity index is 2.76. The van der Waals surface area contributed by atoms with Crippen molar-refractivity contribution in [2.24, 2.45) is 5.73 Å². The second-order valence-electron chi connectivity index (χ2n) is 4.32. The van der Waals surface area contributed by atoms with Gasteiger partial charge in [-0.2, -0.15) is 0 Å². The zero-order chi connectivity index (χ0) is 12.7. The monoisotopic (exact) mass is 236 g/mol. The van der Waals surface area contributed by atoms with E-state index < -0.39 is 0 Å². The third-order valence-corrected chi connectivity index (χ3v) is 2.99. The third kappa shape index (κ3) is 4.02. The number of nitrogens with zero attached hydrogens (tertiary/aromatic N) is 1. The van der Waals surface area contributed by atoms with Gasteiger partial charge in [-0.1, -0.05) is 26.0 Å². The van der Waals surface area contributed by atoms with Crippen molar-refractivity contribution in [1.82, 2.24) is 0 Å². The normalized spacial score (nSPS) is 12.5. The van der Waals surface area contributed by atoms with Crippen molar-refractivity contribution in [2.75, 3.05) is 24.6 Å². The Labute approximate surface area is 104 Å². The van der Waals surface area contributed by atoms with Gasteiger partial charge in [0.25, 0.3) is 0 Å². The molecule has 0 unspecified atom stereocenters. The fourth-order valence-corrected chi connectivity index (χ4v) is 1.93. The average Bonchev–Trinajstić information content (AvgIpc) is 2.38. The second-order valence-corrected chi connectivity index (χ2v) is 4.32. The number of hydrogen-bond acceptors (Lipinski definition) is 3. The zero-order valence-corrected chi connectivity index (χ0v) is 10.9. The van der Waals surface area contributed by atoms with Gasteiger partial charge in [0.2, 0.25) is 0 Å². The van der Waals surface area contributed by atoms with Crippen LogP contribution in [0.3, 0.4) is 0 Å². The van der Waals surface area contributed by atoms with E-state index in [0.717, 1.165) is 25.1 Å². The van der Waals surface area contributed by atoms with E-state index in [9.17, 15) is 0 Å². The fraction of sp³-hybridized carbons (Fsp3) is 0.571. The van der Waals surface area contributed by atoms with Crippen LogP contribution in [0.1, 0.15) is 38.3 Å². The summed E-state index contributed by atoms with van der Waals surface area (Å²) in [5, 5.41) is 9.04. The molecule has 17 heavy (non-hydrogen) atoms. The summed E-state index contributed by atoms with van der Waals surface area (Å²) in [7, 11) is 0. The summed E-state index contributed by atoms with van der Waals surface area (Å²) in [6.45, 7) is 6.09. The van der Waals surface area contributed by atoms with Gasteiger partial charge < -0.3 is 15.7 Å². The Hall–Kier alpha value is -1.06. The van der Waals surface area contributed by atoms with Crippen LogP contribution in [-0.2, 0) is 0 Å². The summed E-state index contributed by atoms with van der Waals surface area (Å²) >= 11 is 0. The number of nitrogens with two attached hydrogens (primary N) is 1. The van der Waals surface area contributed by atoms with Crippen LogP contribution < -0.4 is 10.6 Å². The molecule has 0 saturated heterocycles. The molecule has 0 radical (unpaired) electrons. The van der Waals surface area contributed by atoms with Gasteiger partial charge in [0, 0.05) is 24.8 Å². The van der Waals surface area contributed by atoms with Crippen molar-refractivity contribution in [3.63, 3.8) is 0 Å². The van der Waals surface area contributed by atoms with Crippen LogP contribution in [0.5, 0.6) is 0 Å². The molecule has 0 aliphatic heterocycles. The number of aliphatic hydroxyl groups excluding tert-OH is 1. The molecule has 0 heterocycles. The van der Waals surface area contributed by atoms with E-state index in [1.54, 1.807) is 0 Å². The SMILES string of the molecule is CCCN(CCO)c1ccc([C@H](N)CC)cc1. The van der Waals surface area contributed by atoms with E-state index in [2.05, 4.69) is 43.0 Å². The molecular formula is C14H24N2O. The van der Waals surface area contributed by atoms with Crippen molar-refractivity contribution in [3.05, 3.63) is 29.8 Å². The maximum Gasteiger partial charge on any atom is 0.0606 e. The van der Waals surface area contributed by atoms with Gasteiger partial charge >= 0.3 is 0 Å². The first-order chi connectivity index (χ1) is 8.22. The number of rotatable bonds is 7. The highest BCUT2D eigenvalue weighted by Crippen LogP contribution is 2.19. The van der Waals surface area contributed by atoms with Crippen molar-refractivity contribution < 1.29 is 5.11 Å². The summed E-state index contributed by atoms with van der Waals surface area (Å²) in [5.41, 5.74) is 8.32. The van der Waals surface area contributed by atoms with E-state index in [1.807, 2.05) is 0 Å². The van der Waals surface area contributed by atoms with Crippen molar-refractivity contribution in [1.29, 1.82) is 0 Å². The van der Waals surface area contributed by atoms with Gasteiger partial charge in [-0.05, 0) is 30.5 Å². The fourth-order valence-electron chi connectivity index (χ4n) is 1.93. The molecule has 1 aromatic rings. The number of benzene rings is 1. The Morgan fingerprint density at radius 3 is 2.29 bits per heavy atom. The van der Waals surface area contributed by atoms with Crippen LogP contribution in [-0.4, -0.2) is 24.8 Å². The first-order valence-electron chi connectivity index (χ1n) is 6.44. The first-order valence-corrected chi connectivity index (χ1v) is 6.44. The molecule has 1 rings (SSSR count). The number of hydrogen-bond donors (Lipinski definition) is 2. The summed E-state index contributed by atoms with van der Waals surface area (Å²) in [5.74, 6) is 0. The van der Waals surface area contributed by atoms with Crippen molar-refractivity contribution in [2.45, 2.75) is 32.7 Å². The van der Waals surface area contributed by atoms with Gasteiger partial charge in [0.05, 0.1) is 6.61 Å². The Morgan fingerprint density at radius 1 is 1.18 bits per heavy atom. The number of anilines is 1. The van der Waals surface area contributed by atoms with Crippen LogP contribution in [0.4, 0.5) is 5.69 Å². The lowest BCUT2D eigenvalue weighted by Crippen LogP contribution is -2.27. The summed E-state index contributed by atoms with van der Waals surface area (Å²) in [4.78, 5) is 2.20. The van der Waals surface area contributed by atoms with E-state index in [0.29, 0.717) is 6.54 Å². The molecule has 3 heteroatoms. The molecule has 0 fully saturated rings. The van der Waals surface area contributed by atoms with E-state index in [1.165, 1.54) is 5.56 Å². The van der Waals surface area contributed by atoms with Crippen molar-refractivity contribution >= 4 is 5.69 Å². The minimum absolute atomic E-state index is 0.126. The van der Waals surface area contributed by atoms with E-state index in [4.69, 9.17) is 10.8 Å². The van der Waals surface area contributed by atoms with Crippen LogP contribution in [0.25, 0.3) is 0 Å². The molecule has 0 bridgehead atoms. The second kappa shape index (κ2) is 7.30. The Morgan fingerprint density at radius 2 is 1.82 bits per heavy atom. The smallest absolute Gasteiger partial charge is 0.0606 e. The van der Waals surface area contributed by atoms with E-state index in [-0.39, 0.29) is 12.6 Å². The molecule has 3 nitrogen and oxygen atoms in total. The Kier molecular flexibility index (Phi) is 6.01. The Bertz CT molecular complexity index is 305. The minimum Gasteiger partial charge on any atom is -0.395 e. The largest absolute Gasteiger partial charge is 0.395 e. The minimum atomic E-state index is 0.126. The zero-order valence-electron chi connectivity index (χ0n) is 10.9. The molecule has 0 saturated carbocycles. The lowest BCUT2D eigenvalue weighted by atomic mass is 10.1. The highest BCUT2D eigenvalue weighted by molar-refractivity contribution is 5.48. The van der Waals surface area contributed by atoms with Gasteiger partial charge in [-0.15, -0.1) is 0 Å². The highest BCUT2D eigenvalue weighted by atomic mass is 16.3. The summed E-state index contributed by atoms with van der Waals surface area (Å²) in [6.07, 6.45) is 2.03. The molecular weight excluding hydrogens is 212 g/mol. The standard InChI is InChI=1S/C14H24N2O/c1-3-9-16(10-11-17)13-7-5-12(6-8-13)14(15)4-2/h5-8,14,17H,3-4,9-11,15H2,1-2H3/t14-/m1/s1. The topological polar surface area (TPSA) is 49.5 Å². The molecule has 3 N–H and O–H groups in total. The van der Waals surface area contributed by atoms with Gasteiger partial charge in [-0.3, -0.25) is 0 Å². The first kappa shape index (κ1) is 14.0. The van der Waals surface area contributed by atoms with E-state index >= 15 is 0 Å². The quantitative estimate of drug-likeness (QED) is 0.763. The van der Waals surface area contributed by atoms with Crippen LogP contribution >= 0.6 is 0 Å². The van der Waals surface area contributed by atoms with Crippen LogP contribution in [0, 0.1) is 0 Å². The molecule has 0 aromatic heterocycles. The summed E-state index contributed by atoms with van der Waals surface area (Å²) in [6, 6.07) is 8.49. The molecule has 0 spiro atoms. The highest BCUT2D eigenvalue weighted by Gasteiger charge is 2.06. The number of aliphatic hydroxyl groups is 1. The molecule has 0 amide bonds. The predicted molar refractivity (Wildman–Crippen MR) is 73.3 cm³/mol. The summed E-state index contributed by atoms with van der Waals surface area (Å²) < 4.78 is 0. The van der Waals surface area contributed by atoms with Gasteiger partial charge in [0.15, 0.2) is 0 Å². The van der Waals surface area contributed by atoms with Gasteiger partial charge in [0.1, 0.15) is 0 Å². The van der Waals surface area contributed by atoms with Crippen molar-refractivity contribution in [3.8, 4) is 0 Å². The van der Waals surface area contributed by atoms with Gasteiger partial charge in [-0.25, -0.2) is 0 Å². The molecule has 96 valence electrons. The predicted octanol–water partition coefficient (Wildman–Crippen LogP) is 2.31. The molecule has 0 aliphatic carbocycles. The average molecular weight is 236 g/mol. The lowest BCUT2D eigenvalue weighted by Gasteiger charge is -2.24. The molecule has 1 aromatic carbocycles. The third-order valence-electron chi connectivity index (χ3n) is 2.99. The molecule has 1 atom stereocenters. The van der Waals surface area contributed by atoms with Crippen LogP contribution in [0.2, 0.25) is 0 Å². The maximum absolute atomic E-state index is 9.04. The van der Waals surface area contributed by atoms with Crippen LogP contribution in [0.15, 0.2) is 24.3 Å². The molecule has 0 aliphatic rings. The lowest BCUT2D eigenvalue weighted by molar-refractivity contribution is 0.302.